The highest BCUT2D eigenvalue weighted by molar-refractivity contribution is 6.11. The fraction of sp³-hybridized carbons (Fsp3) is 0.632. The molecule has 6 rings (SSSR count). The van der Waals surface area contributed by atoms with Gasteiger partial charge in [-0.05, 0) is 62.5 Å². The Morgan fingerprint density at radius 1 is 0.432 bits per heavy atom. The lowest BCUT2D eigenvalue weighted by Gasteiger charge is -2.39. The van der Waals surface area contributed by atoms with E-state index in [9.17, 15) is 30.0 Å². The Bertz CT molecular complexity index is 1180. The molecule has 0 spiro atoms. The highest BCUT2D eigenvalue weighted by atomic mass is 16.3. The van der Waals surface area contributed by atoms with Gasteiger partial charge in [0.15, 0.2) is 11.6 Å². The van der Waals surface area contributed by atoms with Crippen molar-refractivity contribution in [2.45, 2.75) is 151 Å². The van der Waals surface area contributed by atoms with Crippen molar-refractivity contribution in [1.29, 1.82) is 0 Å². The van der Waals surface area contributed by atoms with Crippen LogP contribution in [0.5, 0.6) is 0 Å². The van der Waals surface area contributed by atoms with E-state index < -0.39 is 22.4 Å². The van der Waals surface area contributed by atoms with Crippen LogP contribution in [-0.4, -0.2) is 43.2 Å². The first-order chi connectivity index (χ1) is 21.1. The van der Waals surface area contributed by atoms with Crippen molar-refractivity contribution in [3.05, 3.63) is 70.8 Å². The number of hydrogen-bond acceptors (Lipinski definition) is 6. The third-order valence-corrected chi connectivity index (χ3v) is 10.9. The Morgan fingerprint density at radius 3 is 1.07 bits per heavy atom. The van der Waals surface area contributed by atoms with Crippen LogP contribution in [0.3, 0.4) is 0 Å². The van der Waals surface area contributed by atoms with Gasteiger partial charge in [0, 0.05) is 11.1 Å². The van der Waals surface area contributed by atoms with E-state index >= 15 is 0 Å². The summed E-state index contributed by atoms with van der Waals surface area (Å²) in [7, 11) is 0. The molecule has 0 aromatic heterocycles. The van der Waals surface area contributed by atoms with Gasteiger partial charge in [-0.2, -0.15) is 0 Å². The molecule has 4 saturated carbocycles. The number of aliphatic hydroxyl groups is 4. The smallest absolute Gasteiger partial charge is 0.195 e. The quantitative estimate of drug-likeness (QED) is 0.260. The van der Waals surface area contributed by atoms with E-state index in [1.54, 1.807) is 0 Å². The third kappa shape index (κ3) is 7.04. The van der Waals surface area contributed by atoms with Gasteiger partial charge < -0.3 is 20.4 Å². The Hall–Kier alpha value is -2.38. The fourth-order valence-electron chi connectivity index (χ4n) is 8.29. The molecule has 4 aliphatic rings. The van der Waals surface area contributed by atoms with E-state index in [1.807, 2.05) is 48.5 Å². The Kier molecular flexibility index (Phi) is 10.5. The summed E-state index contributed by atoms with van der Waals surface area (Å²) in [6, 6.07) is 15.0. The summed E-state index contributed by atoms with van der Waals surface area (Å²) in [4.78, 5) is 25.9. The van der Waals surface area contributed by atoms with Crippen LogP contribution in [0, 0.1) is 0 Å². The molecule has 4 aliphatic carbocycles. The molecule has 0 heterocycles. The first-order valence-corrected chi connectivity index (χ1v) is 17.3. The summed E-state index contributed by atoms with van der Waals surface area (Å²) in [5, 5.41) is 43.3. The normalized spacial score (nSPS) is 23.9. The van der Waals surface area contributed by atoms with Crippen molar-refractivity contribution >= 4 is 11.6 Å². The van der Waals surface area contributed by atoms with Gasteiger partial charge in [0.05, 0.1) is 11.2 Å². The predicted octanol–water partition coefficient (Wildman–Crippen LogP) is 7.17. The van der Waals surface area contributed by atoms with Crippen molar-refractivity contribution in [2.75, 3.05) is 0 Å². The van der Waals surface area contributed by atoms with Crippen LogP contribution >= 0.6 is 0 Å². The molecule has 0 unspecified atom stereocenters. The lowest BCUT2D eigenvalue weighted by molar-refractivity contribution is -0.163. The maximum absolute atomic E-state index is 13.6. The monoisotopic (exact) mass is 604 g/mol. The molecular weight excluding hydrogens is 552 g/mol. The minimum absolute atomic E-state index is 0.0933. The second-order valence-electron chi connectivity index (χ2n) is 14.1. The zero-order valence-electron chi connectivity index (χ0n) is 26.4. The van der Waals surface area contributed by atoms with Crippen molar-refractivity contribution in [3.8, 4) is 0 Å². The largest absolute Gasteiger partial charge is 0.385 e. The van der Waals surface area contributed by atoms with Crippen LogP contribution in [0.25, 0.3) is 0 Å². The molecule has 0 bridgehead atoms. The molecule has 0 amide bonds. The van der Waals surface area contributed by atoms with Gasteiger partial charge >= 0.3 is 0 Å². The van der Waals surface area contributed by atoms with E-state index in [4.69, 9.17) is 0 Å². The third-order valence-electron chi connectivity index (χ3n) is 10.9. The molecule has 0 radical (unpaired) electrons. The lowest BCUT2D eigenvalue weighted by Crippen LogP contribution is -2.54. The molecule has 6 nitrogen and oxygen atoms in total. The summed E-state index contributed by atoms with van der Waals surface area (Å²) < 4.78 is 0. The first-order valence-electron chi connectivity index (χ1n) is 17.3. The summed E-state index contributed by atoms with van der Waals surface area (Å²) >= 11 is 0. The molecule has 240 valence electrons. The Balaban J connectivity index is 0.000000204. The molecule has 4 fully saturated rings. The van der Waals surface area contributed by atoms with E-state index in [1.165, 1.54) is 0 Å². The van der Waals surface area contributed by atoms with Crippen molar-refractivity contribution in [1.82, 2.24) is 0 Å². The van der Waals surface area contributed by atoms with E-state index in [2.05, 4.69) is 0 Å². The topological polar surface area (TPSA) is 115 Å². The van der Waals surface area contributed by atoms with E-state index in [0.29, 0.717) is 62.5 Å². The maximum atomic E-state index is 13.6. The van der Waals surface area contributed by atoms with Gasteiger partial charge in [0.2, 0.25) is 0 Å². The standard InChI is InChI=1S/C25H30O3.C13H22O3/c26-23(19-11-3-5-13-21(19)24(27)15-7-1-8-16-24)20-12-4-6-14-22(20)25(28)17-9-2-10-18-25;14-11(12(15)7-3-1-4-8-12)13(16)9-5-2-6-10-13/h3-6,11-14,27-28H,1-2,7-10,15-18H2;15-16H,1-10H2. The fourth-order valence-corrected chi connectivity index (χ4v) is 8.29. The van der Waals surface area contributed by atoms with Crippen molar-refractivity contribution in [2.24, 2.45) is 0 Å². The number of carbonyl (C=O) groups excluding carboxylic acids is 2. The highest BCUT2D eigenvalue weighted by Gasteiger charge is 2.49. The lowest BCUT2D eigenvalue weighted by atomic mass is 9.71. The van der Waals surface area contributed by atoms with Crippen LogP contribution in [0.2, 0.25) is 0 Å². The van der Waals surface area contributed by atoms with Gasteiger partial charge in [-0.25, -0.2) is 0 Å². The van der Waals surface area contributed by atoms with E-state index in [-0.39, 0.29) is 11.6 Å². The molecule has 2 aromatic rings. The number of rotatable bonds is 6. The summed E-state index contributed by atoms with van der Waals surface area (Å²) in [5.41, 5.74) is -1.70. The molecule has 4 N–H and O–H groups in total. The highest BCUT2D eigenvalue weighted by Crippen LogP contribution is 2.42. The minimum atomic E-state index is -1.23. The number of benzene rings is 2. The van der Waals surface area contributed by atoms with Crippen LogP contribution < -0.4 is 0 Å². The van der Waals surface area contributed by atoms with Crippen LogP contribution in [-0.2, 0) is 16.0 Å². The first kappa shape index (κ1) is 33.0. The zero-order valence-corrected chi connectivity index (χ0v) is 26.4. The van der Waals surface area contributed by atoms with Gasteiger partial charge in [-0.1, -0.05) is 126 Å². The maximum Gasteiger partial charge on any atom is 0.195 e. The van der Waals surface area contributed by atoms with Gasteiger partial charge in [0.25, 0.3) is 0 Å². The molecule has 0 aliphatic heterocycles. The minimum Gasteiger partial charge on any atom is -0.385 e. The zero-order chi connectivity index (χ0) is 31.3. The second-order valence-corrected chi connectivity index (χ2v) is 14.1. The summed E-state index contributed by atoms with van der Waals surface area (Å²) in [5.74, 6) is -0.386. The molecule has 0 atom stereocenters. The number of carbonyl (C=O) groups is 2. The van der Waals surface area contributed by atoms with Crippen LogP contribution in [0.4, 0.5) is 0 Å². The number of ketones is 2. The number of Topliss-reactive ketones (excluding diaryl/α,β-unsaturated/α-hetero) is 1. The predicted molar refractivity (Wildman–Crippen MR) is 171 cm³/mol. The van der Waals surface area contributed by atoms with E-state index in [0.717, 1.165) is 88.2 Å². The van der Waals surface area contributed by atoms with Crippen LogP contribution in [0.15, 0.2) is 48.5 Å². The summed E-state index contributed by atoms with van der Waals surface area (Å²) in [6.45, 7) is 0. The SMILES string of the molecule is O=C(C1(O)CCCCC1)C1(O)CCCCC1.O=C(c1ccccc1C1(O)CCCCC1)c1ccccc1C1(O)CCCCC1. The average Bonchev–Trinajstić information content (AvgIpc) is 3.06. The second kappa shape index (κ2) is 13.9. The molecular formula is C38H52O6. The Morgan fingerprint density at radius 2 is 0.727 bits per heavy atom. The summed E-state index contributed by atoms with van der Waals surface area (Å²) in [6.07, 6.45) is 16.9. The van der Waals surface area contributed by atoms with Crippen LogP contribution in [0.1, 0.15) is 155 Å². The van der Waals surface area contributed by atoms with Gasteiger partial charge in [-0.15, -0.1) is 0 Å². The average molecular weight is 605 g/mol. The molecule has 44 heavy (non-hydrogen) atoms. The van der Waals surface area contributed by atoms with Gasteiger partial charge in [-0.3, -0.25) is 9.59 Å². The Labute approximate surface area is 262 Å². The van der Waals surface area contributed by atoms with Gasteiger partial charge in [0.1, 0.15) is 11.2 Å². The number of hydrogen-bond donors (Lipinski definition) is 4. The molecule has 6 heteroatoms. The molecule has 0 saturated heterocycles. The molecule has 2 aromatic carbocycles. The van der Waals surface area contributed by atoms with Crippen molar-refractivity contribution < 1.29 is 30.0 Å². The van der Waals surface area contributed by atoms with Crippen molar-refractivity contribution in [3.63, 3.8) is 0 Å².